The van der Waals surface area contributed by atoms with Crippen LogP contribution in [0.25, 0.3) is 0 Å². The van der Waals surface area contributed by atoms with E-state index in [0.29, 0.717) is 24.6 Å². The highest BCUT2D eigenvalue weighted by molar-refractivity contribution is 5.99. The number of aryl methyl sites for hydroxylation is 1. The van der Waals surface area contributed by atoms with E-state index in [1.807, 2.05) is 0 Å². The van der Waals surface area contributed by atoms with Crippen LogP contribution in [0.3, 0.4) is 0 Å². The number of benzene rings is 1. The smallest absolute Gasteiger partial charge is 0.275 e. The molecule has 0 atom stereocenters. The van der Waals surface area contributed by atoms with Gasteiger partial charge in [-0.15, -0.1) is 0 Å². The molecule has 1 spiro atoms. The molecule has 29 heavy (non-hydrogen) atoms. The standard InChI is InChI=1S/C21H20FN3O4/c1-11-2-3-13(15(22)4-11)7-23-19(28)14-9-24-10-21-5-12(6-21)8-25(21)20(29)16(24)18(27)17(14)26/h2-4,9,12,27H,5-8,10H2,1H3,(H,23,28)/t12-,21+. The van der Waals surface area contributed by atoms with Gasteiger partial charge in [-0.3, -0.25) is 14.4 Å². The van der Waals surface area contributed by atoms with Gasteiger partial charge in [0.25, 0.3) is 11.8 Å². The molecule has 3 aliphatic heterocycles. The summed E-state index contributed by atoms with van der Waals surface area (Å²) in [6.07, 6.45) is 3.15. The first-order valence-electron chi connectivity index (χ1n) is 9.61. The Balaban J connectivity index is 1.45. The van der Waals surface area contributed by atoms with E-state index in [4.69, 9.17) is 0 Å². The fourth-order valence-electron chi connectivity index (χ4n) is 5.00. The molecule has 2 saturated heterocycles. The molecule has 3 fully saturated rings. The van der Waals surface area contributed by atoms with Crippen molar-refractivity contribution in [1.29, 1.82) is 0 Å². The molecule has 1 aromatic heterocycles. The summed E-state index contributed by atoms with van der Waals surface area (Å²) in [4.78, 5) is 39.7. The second kappa shape index (κ2) is 5.92. The Hall–Kier alpha value is -3.16. The predicted octanol–water partition coefficient (Wildman–Crippen LogP) is 1.55. The van der Waals surface area contributed by atoms with Crippen LogP contribution in [0.15, 0.2) is 29.2 Å². The Bertz CT molecular complexity index is 1130. The molecule has 1 aromatic carbocycles. The van der Waals surface area contributed by atoms with Crippen molar-refractivity contribution in [1.82, 2.24) is 14.8 Å². The Morgan fingerprint density at radius 2 is 2.10 bits per heavy atom. The number of fused-ring (bicyclic) bond motifs is 1. The summed E-state index contributed by atoms with van der Waals surface area (Å²) in [5, 5.41) is 12.9. The number of rotatable bonds is 3. The number of carbonyl (C=O) groups excluding carboxylic acids is 2. The lowest BCUT2D eigenvalue weighted by Crippen LogP contribution is -2.56. The van der Waals surface area contributed by atoms with Gasteiger partial charge in [0.2, 0.25) is 5.43 Å². The molecule has 2 aromatic rings. The second-order valence-corrected chi connectivity index (χ2v) is 8.39. The third-order valence-corrected chi connectivity index (χ3v) is 6.41. The van der Waals surface area contributed by atoms with E-state index in [2.05, 4.69) is 5.32 Å². The zero-order valence-corrected chi connectivity index (χ0v) is 15.9. The molecule has 1 saturated carbocycles. The number of nitrogens with one attached hydrogen (secondary N) is 1. The molecule has 0 unspecified atom stereocenters. The summed E-state index contributed by atoms with van der Waals surface area (Å²) >= 11 is 0. The van der Waals surface area contributed by atoms with Crippen LogP contribution in [0.5, 0.6) is 5.75 Å². The first-order chi connectivity index (χ1) is 13.8. The largest absolute Gasteiger partial charge is 0.503 e. The maximum atomic E-state index is 14.0. The van der Waals surface area contributed by atoms with Crippen LogP contribution in [-0.4, -0.2) is 38.5 Å². The van der Waals surface area contributed by atoms with Gasteiger partial charge in [-0.1, -0.05) is 12.1 Å². The van der Waals surface area contributed by atoms with Crippen molar-refractivity contribution in [2.75, 3.05) is 6.54 Å². The van der Waals surface area contributed by atoms with E-state index in [1.54, 1.807) is 24.0 Å². The summed E-state index contributed by atoms with van der Waals surface area (Å²) in [5.41, 5.74) is -0.427. The van der Waals surface area contributed by atoms with Crippen LogP contribution in [0.1, 0.15) is 44.8 Å². The van der Waals surface area contributed by atoms with Crippen molar-refractivity contribution < 1.29 is 19.1 Å². The zero-order valence-electron chi connectivity index (χ0n) is 15.9. The first kappa shape index (κ1) is 17.9. The van der Waals surface area contributed by atoms with Crippen LogP contribution in [0.2, 0.25) is 0 Å². The summed E-state index contributed by atoms with van der Waals surface area (Å²) in [6.45, 7) is 2.77. The summed E-state index contributed by atoms with van der Waals surface area (Å²) < 4.78 is 15.5. The molecule has 4 heterocycles. The highest BCUT2D eigenvalue weighted by atomic mass is 19.1. The molecule has 8 heteroatoms. The topological polar surface area (TPSA) is 91.6 Å². The molecule has 2 N–H and O–H groups in total. The number of carbonyl (C=O) groups is 2. The lowest BCUT2D eigenvalue weighted by atomic mass is 9.72. The van der Waals surface area contributed by atoms with E-state index in [9.17, 15) is 23.9 Å². The minimum atomic E-state index is -0.894. The van der Waals surface area contributed by atoms with Crippen molar-refractivity contribution in [3.8, 4) is 5.75 Å². The van der Waals surface area contributed by atoms with Gasteiger partial charge >= 0.3 is 0 Å². The highest BCUT2D eigenvalue weighted by Crippen LogP contribution is 2.53. The van der Waals surface area contributed by atoms with Crippen LogP contribution in [0, 0.1) is 18.7 Å². The van der Waals surface area contributed by atoms with E-state index in [0.717, 1.165) is 18.4 Å². The lowest BCUT2D eigenvalue weighted by molar-refractivity contribution is 0.0389. The molecule has 1 aliphatic carbocycles. The monoisotopic (exact) mass is 397 g/mol. The van der Waals surface area contributed by atoms with E-state index in [-0.39, 0.29) is 29.2 Å². The van der Waals surface area contributed by atoms with Gasteiger partial charge in [0.05, 0.1) is 5.54 Å². The summed E-state index contributed by atoms with van der Waals surface area (Å²) in [5.74, 6) is -1.76. The van der Waals surface area contributed by atoms with Gasteiger partial charge in [-0.05, 0) is 37.3 Å². The van der Waals surface area contributed by atoms with Crippen molar-refractivity contribution in [2.24, 2.45) is 5.92 Å². The quantitative estimate of drug-likeness (QED) is 0.822. The maximum absolute atomic E-state index is 14.0. The van der Waals surface area contributed by atoms with E-state index >= 15 is 0 Å². The third kappa shape index (κ3) is 2.51. The van der Waals surface area contributed by atoms with Crippen molar-refractivity contribution in [3.63, 3.8) is 0 Å². The molecule has 2 amide bonds. The van der Waals surface area contributed by atoms with Crippen molar-refractivity contribution in [2.45, 2.75) is 38.4 Å². The SMILES string of the molecule is Cc1ccc(CNC(=O)c2cn3c(c(O)c2=O)C(=O)N2C[C@H]4C[C@]2(C3)C4)c(F)c1. The Labute approximate surface area is 165 Å². The number of pyridine rings is 1. The third-order valence-electron chi connectivity index (χ3n) is 6.41. The maximum Gasteiger partial charge on any atom is 0.275 e. The fourth-order valence-corrected chi connectivity index (χ4v) is 5.00. The van der Waals surface area contributed by atoms with E-state index in [1.165, 1.54) is 16.8 Å². The lowest BCUT2D eigenvalue weighted by Gasteiger charge is -2.46. The molecule has 4 aliphatic rings. The molecule has 150 valence electrons. The summed E-state index contributed by atoms with van der Waals surface area (Å²) in [7, 11) is 0. The van der Waals surface area contributed by atoms with Crippen molar-refractivity contribution >= 4 is 11.8 Å². The highest BCUT2D eigenvalue weighted by Gasteiger charge is 2.60. The molecular weight excluding hydrogens is 377 g/mol. The van der Waals surface area contributed by atoms with Crippen LogP contribution in [-0.2, 0) is 13.1 Å². The van der Waals surface area contributed by atoms with Crippen LogP contribution < -0.4 is 10.7 Å². The zero-order chi connectivity index (χ0) is 20.5. The van der Waals surface area contributed by atoms with Crippen LogP contribution in [0.4, 0.5) is 4.39 Å². The molecule has 6 rings (SSSR count). The predicted molar refractivity (Wildman–Crippen MR) is 101 cm³/mol. The number of amides is 2. The first-order valence-corrected chi connectivity index (χ1v) is 9.61. The Kier molecular flexibility index (Phi) is 3.65. The summed E-state index contributed by atoms with van der Waals surface area (Å²) in [6, 6.07) is 4.67. The number of halogens is 1. The minimum absolute atomic E-state index is 0.0608. The van der Waals surface area contributed by atoms with Gasteiger partial charge < -0.3 is 19.9 Å². The van der Waals surface area contributed by atoms with Gasteiger partial charge in [0.15, 0.2) is 11.4 Å². The fraction of sp³-hybridized carbons (Fsp3) is 0.381. The van der Waals surface area contributed by atoms with Gasteiger partial charge in [0.1, 0.15) is 11.4 Å². The molecule has 2 bridgehead atoms. The number of nitrogens with zero attached hydrogens (tertiary/aromatic N) is 2. The number of aromatic hydroxyl groups is 1. The number of aromatic nitrogens is 1. The van der Waals surface area contributed by atoms with Gasteiger partial charge in [0, 0.05) is 31.4 Å². The number of hydrogen-bond acceptors (Lipinski definition) is 4. The second-order valence-electron chi connectivity index (χ2n) is 8.39. The molecule has 7 nitrogen and oxygen atoms in total. The average molecular weight is 397 g/mol. The average Bonchev–Trinajstić information content (AvgIpc) is 3.19. The van der Waals surface area contributed by atoms with Gasteiger partial charge in [-0.2, -0.15) is 0 Å². The number of hydrogen-bond donors (Lipinski definition) is 2. The van der Waals surface area contributed by atoms with E-state index < -0.39 is 22.9 Å². The minimum Gasteiger partial charge on any atom is -0.503 e. The van der Waals surface area contributed by atoms with Crippen molar-refractivity contribution in [3.05, 3.63) is 62.8 Å². The Morgan fingerprint density at radius 1 is 1.34 bits per heavy atom. The molecule has 0 radical (unpaired) electrons. The Morgan fingerprint density at radius 3 is 2.83 bits per heavy atom. The molecular formula is C21H20FN3O4. The van der Waals surface area contributed by atoms with Crippen LogP contribution >= 0.6 is 0 Å². The normalized spacial score (nSPS) is 24.0. The van der Waals surface area contributed by atoms with Gasteiger partial charge in [-0.25, -0.2) is 4.39 Å².